The lowest BCUT2D eigenvalue weighted by atomic mass is 9.91. The Bertz CT molecular complexity index is 1420. The van der Waals surface area contributed by atoms with Crippen LogP contribution in [0.2, 0.25) is 0 Å². The second-order valence-corrected chi connectivity index (χ2v) is 11.3. The molecule has 0 aromatic carbocycles. The summed E-state index contributed by atoms with van der Waals surface area (Å²) < 4.78 is 10.7. The molecular formula is C32H38N6O8. The van der Waals surface area contributed by atoms with E-state index in [0.29, 0.717) is 12.8 Å². The lowest BCUT2D eigenvalue weighted by molar-refractivity contribution is -0.146. The minimum Gasteiger partial charge on any atom is -0.463 e. The molecule has 0 spiro atoms. The van der Waals surface area contributed by atoms with Crippen LogP contribution in [-0.4, -0.2) is 81.6 Å². The van der Waals surface area contributed by atoms with Crippen LogP contribution < -0.4 is 10.6 Å². The van der Waals surface area contributed by atoms with Crippen molar-refractivity contribution in [3.8, 4) is 0 Å². The molecule has 0 saturated heterocycles. The van der Waals surface area contributed by atoms with E-state index in [9.17, 15) is 28.8 Å². The fourth-order valence-electron chi connectivity index (χ4n) is 4.63. The molecule has 0 fully saturated rings. The molecule has 0 aliphatic heterocycles. The number of aromatic nitrogens is 4. The van der Waals surface area contributed by atoms with Crippen LogP contribution in [0.3, 0.4) is 0 Å². The van der Waals surface area contributed by atoms with Gasteiger partial charge in [-0.1, -0.05) is 40.9 Å². The van der Waals surface area contributed by atoms with E-state index >= 15 is 0 Å². The van der Waals surface area contributed by atoms with Crippen molar-refractivity contribution in [3.63, 3.8) is 0 Å². The van der Waals surface area contributed by atoms with Gasteiger partial charge in [-0.2, -0.15) is 0 Å². The number of rotatable bonds is 16. The van der Waals surface area contributed by atoms with Gasteiger partial charge in [0.15, 0.2) is 0 Å². The highest BCUT2D eigenvalue weighted by Crippen LogP contribution is 2.30. The number of carbonyl (C=O) groups is 6. The Labute approximate surface area is 266 Å². The maximum atomic E-state index is 13.5. The Morgan fingerprint density at radius 3 is 1.39 bits per heavy atom. The molecule has 46 heavy (non-hydrogen) atoms. The van der Waals surface area contributed by atoms with Gasteiger partial charge >= 0.3 is 11.9 Å². The normalized spacial score (nSPS) is 13.3. The summed E-state index contributed by atoms with van der Waals surface area (Å²) in [6.45, 7) is 14.3. The zero-order valence-corrected chi connectivity index (χ0v) is 26.3. The van der Waals surface area contributed by atoms with Crippen molar-refractivity contribution in [1.29, 1.82) is 0 Å². The summed E-state index contributed by atoms with van der Waals surface area (Å²) in [6, 6.07) is 0. The molecule has 2 atom stereocenters. The number of nitrogens with one attached hydrogen (secondary N) is 2. The van der Waals surface area contributed by atoms with Crippen LogP contribution in [0.15, 0.2) is 37.7 Å². The molecule has 14 nitrogen and oxygen atoms in total. The minimum absolute atomic E-state index is 0.0366. The number of amides is 2. The molecule has 2 unspecified atom stereocenters. The third-order valence-electron chi connectivity index (χ3n) is 6.80. The van der Waals surface area contributed by atoms with Crippen LogP contribution >= 0.6 is 0 Å². The first kappa shape index (κ1) is 35.3. The van der Waals surface area contributed by atoms with Crippen molar-refractivity contribution < 1.29 is 38.2 Å². The molecule has 0 radical (unpaired) electrons. The predicted octanol–water partition coefficient (Wildman–Crippen LogP) is 1.99. The van der Waals surface area contributed by atoms with Crippen LogP contribution in [0, 0.1) is 11.8 Å². The van der Waals surface area contributed by atoms with E-state index in [2.05, 4.69) is 43.7 Å². The summed E-state index contributed by atoms with van der Waals surface area (Å²) in [5, 5.41) is 5.02. The number of esters is 2. The van der Waals surface area contributed by atoms with Crippen LogP contribution in [-0.2, 0) is 28.7 Å². The SMILES string of the molecule is C=CC(=O)NCCOC(=O)C(CC(C)C)c1cnc2c(n1)C(=O)c1ncc(C(CC(C)C)C(=O)OCCNC(=O)C=C)nc1C2=O. The zero-order chi connectivity index (χ0) is 34.0. The van der Waals surface area contributed by atoms with Gasteiger partial charge in [0.25, 0.3) is 0 Å². The fourth-order valence-corrected chi connectivity index (χ4v) is 4.63. The van der Waals surface area contributed by atoms with Crippen molar-refractivity contribution in [2.24, 2.45) is 11.8 Å². The number of ether oxygens (including phenoxy) is 2. The second-order valence-electron chi connectivity index (χ2n) is 11.3. The monoisotopic (exact) mass is 634 g/mol. The molecule has 2 amide bonds. The maximum Gasteiger partial charge on any atom is 0.315 e. The van der Waals surface area contributed by atoms with E-state index in [1.807, 2.05) is 27.7 Å². The van der Waals surface area contributed by atoms with Gasteiger partial charge in [0, 0.05) is 0 Å². The second kappa shape index (κ2) is 16.3. The van der Waals surface area contributed by atoms with E-state index in [0.717, 1.165) is 12.2 Å². The van der Waals surface area contributed by atoms with Crippen LogP contribution in [0.5, 0.6) is 0 Å². The number of fused-ring (bicyclic) bond motifs is 2. The Morgan fingerprint density at radius 2 is 1.07 bits per heavy atom. The highest BCUT2D eigenvalue weighted by molar-refractivity contribution is 6.25. The molecule has 2 heterocycles. The van der Waals surface area contributed by atoms with E-state index in [4.69, 9.17) is 9.47 Å². The highest BCUT2D eigenvalue weighted by atomic mass is 16.5. The number of hydrogen-bond acceptors (Lipinski definition) is 12. The first-order valence-corrected chi connectivity index (χ1v) is 14.8. The molecule has 2 aromatic heterocycles. The predicted molar refractivity (Wildman–Crippen MR) is 164 cm³/mol. The number of hydrogen-bond donors (Lipinski definition) is 2. The maximum absolute atomic E-state index is 13.5. The molecule has 1 aliphatic rings. The van der Waals surface area contributed by atoms with Gasteiger partial charge in [-0.15, -0.1) is 0 Å². The molecule has 2 N–H and O–H groups in total. The first-order valence-electron chi connectivity index (χ1n) is 14.8. The fraction of sp³-hybridized carbons (Fsp3) is 0.438. The molecule has 0 bridgehead atoms. The van der Waals surface area contributed by atoms with Crippen molar-refractivity contribution in [2.45, 2.75) is 52.4 Å². The van der Waals surface area contributed by atoms with Crippen molar-refractivity contribution in [3.05, 3.63) is 71.9 Å². The molecule has 3 rings (SSSR count). The quantitative estimate of drug-likeness (QED) is 0.132. The van der Waals surface area contributed by atoms with Gasteiger partial charge in [-0.25, -0.2) is 19.9 Å². The lowest BCUT2D eigenvalue weighted by Crippen LogP contribution is -2.31. The average molecular weight is 635 g/mol. The Kier molecular flexibility index (Phi) is 12.5. The van der Waals surface area contributed by atoms with Gasteiger partial charge < -0.3 is 20.1 Å². The minimum atomic E-state index is -0.890. The third kappa shape index (κ3) is 8.96. The van der Waals surface area contributed by atoms with E-state index in [1.54, 1.807) is 0 Å². The Hall–Kier alpha value is -5.14. The molecule has 2 aromatic rings. The topological polar surface area (TPSA) is 196 Å². The summed E-state index contributed by atoms with van der Waals surface area (Å²) in [7, 11) is 0. The highest BCUT2D eigenvalue weighted by Gasteiger charge is 2.38. The van der Waals surface area contributed by atoms with Crippen molar-refractivity contribution in [1.82, 2.24) is 30.6 Å². The summed E-state index contributed by atoms with van der Waals surface area (Å²) in [6.07, 6.45) is 5.35. The summed E-state index contributed by atoms with van der Waals surface area (Å²) in [5.41, 5.74) is -0.750. The smallest absolute Gasteiger partial charge is 0.315 e. The summed E-state index contributed by atoms with van der Waals surface area (Å²) in [5.74, 6) is -5.18. The number of nitrogens with zero attached hydrogens (tertiary/aromatic N) is 4. The molecule has 1 aliphatic carbocycles. The number of carbonyl (C=O) groups excluding carboxylic acids is 6. The van der Waals surface area contributed by atoms with Gasteiger partial charge in [0.1, 0.15) is 47.8 Å². The first-order chi connectivity index (χ1) is 21.9. The summed E-state index contributed by atoms with van der Waals surface area (Å²) in [4.78, 5) is 92.9. The largest absolute Gasteiger partial charge is 0.463 e. The van der Waals surface area contributed by atoms with Crippen molar-refractivity contribution >= 4 is 35.3 Å². The standard InChI is InChI=1S/C32H38N6O8/c1-7-23(39)33-9-11-45-31(43)19(13-17(3)4)21-15-35-25-27(37-21)29(41)26-28(30(25)42)38-22(16-36-26)20(14-18(5)6)32(44)46-12-10-34-24(40)8-2/h7-8,15-20H,1-2,9-14H2,3-6H3,(H,33,39)(H,34,40). The van der Waals surface area contributed by atoms with Gasteiger partial charge in [-0.05, 0) is 36.8 Å². The third-order valence-corrected chi connectivity index (χ3v) is 6.80. The number of ketones is 2. The molecule has 0 saturated carbocycles. The average Bonchev–Trinajstić information content (AvgIpc) is 3.04. The van der Waals surface area contributed by atoms with Crippen LogP contribution in [0.25, 0.3) is 0 Å². The van der Waals surface area contributed by atoms with E-state index in [-0.39, 0.29) is 72.3 Å². The Balaban J connectivity index is 1.86. The molecule has 244 valence electrons. The van der Waals surface area contributed by atoms with Gasteiger partial charge in [0.05, 0.1) is 36.9 Å². The zero-order valence-electron chi connectivity index (χ0n) is 26.3. The molecule has 14 heteroatoms. The lowest BCUT2D eigenvalue weighted by Gasteiger charge is -2.21. The van der Waals surface area contributed by atoms with Crippen LogP contribution in [0.1, 0.15) is 96.1 Å². The van der Waals surface area contributed by atoms with Gasteiger partial charge in [0.2, 0.25) is 23.4 Å². The molecular weight excluding hydrogens is 596 g/mol. The van der Waals surface area contributed by atoms with E-state index in [1.165, 1.54) is 12.4 Å². The summed E-state index contributed by atoms with van der Waals surface area (Å²) >= 11 is 0. The van der Waals surface area contributed by atoms with E-state index < -0.39 is 47.2 Å². The van der Waals surface area contributed by atoms with Crippen molar-refractivity contribution in [2.75, 3.05) is 26.3 Å². The Morgan fingerprint density at radius 1 is 0.696 bits per heavy atom. The van der Waals surface area contributed by atoms with Crippen LogP contribution in [0.4, 0.5) is 0 Å². The van der Waals surface area contributed by atoms with Gasteiger partial charge in [-0.3, -0.25) is 28.8 Å².